The van der Waals surface area contributed by atoms with Gasteiger partial charge in [0.1, 0.15) is 15.2 Å². The van der Waals surface area contributed by atoms with E-state index in [2.05, 4.69) is 192 Å². The van der Waals surface area contributed by atoms with E-state index in [9.17, 15) is 31.5 Å². The Morgan fingerprint density at radius 3 is 1.29 bits per heavy atom. The molecule has 129 heavy (non-hydrogen) atoms. The van der Waals surface area contributed by atoms with Crippen LogP contribution in [0.1, 0.15) is 103 Å². The number of thiophene rings is 1. The Morgan fingerprint density at radius 2 is 0.806 bits per heavy atom. The molecular formula is C104H88F5N12O4SW3-3. The molecule has 0 saturated carbocycles. The molecule has 13 heterocycles. The number of halogens is 5. The van der Waals surface area contributed by atoms with Crippen molar-refractivity contribution in [2.45, 2.75) is 95.2 Å². The summed E-state index contributed by atoms with van der Waals surface area (Å²) >= 11 is 1.66. The minimum Gasteiger partial charge on any atom is -0.438 e. The van der Waals surface area contributed by atoms with Crippen LogP contribution in [0.25, 0.3) is 131 Å². The maximum absolute atomic E-state index is 12.6. The van der Waals surface area contributed by atoms with Crippen LogP contribution in [-0.2, 0) is 89.4 Å². The second kappa shape index (κ2) is 44.3. The molecule has 0 radical (unpaired) electrons. The Hall–Kier alpha value is -12.7. The minimum absolute atomic E-state index is 0. The van der Waals surface area contributed by atoms with E-state index < -0.39 is 23.2 Å². The molecule has 21 aromatic rings. The zero-order chi connectivity index (χ0) is 89.5. The number of Topliss-reactive ketones (excluding diaryl/α,β-unsaturated/α-hetero) is 2. The number of pyridine rings is 6. The molecule has 0 aliphatic rings. The van der Waals surface area contributed by atoms with Gasteiger partial charge in [0.2, 0.25) is 23.1 Å². The number of aryl methyl sites for hydroxylation is 11. The summed E-state index contributed by atoms with van der Waals surface area (Å²) in [5.41, 5.74) is 21.8. The molecule has 0 unspecified atom stereocenters. The maximum atomic E-state index is 12.6. The number of ketones is 2. The first-order valence-corrected chi connectivity index (χ1v) is 41.0. The fourth-order valence-corrected chi connectivity index (χ4v) is 14.7. The van der Waals surface area contributed by atoms with Gasteiger partial charge in [0.25, 0.3) is 0 Å². The van der Waals surface area contributed by atoms with Crippen molar-refractivity contribution in [3.05, 3.63) is 371 Å². The van der Waals surface area contributed by atoms with Gasteiger partial charge < -0.3 is 18.0 Å². The van der Waals surface area contributed by atoms with Crippen molar-refractivity contribution in [3.63, 3.8) is 0 Å². The molecule has 16 nitrogen and oxygen atoms in total. The van der Waals surface area contributed by atoms with Gasteiger partial charge in [0.15, 0.2) is 11.6 Å². The van der Waals surface area contributed by atoms with E-state index in [4.69, 9.17) is 8.83 Å². The summed E-state index contributed by atoms with van der Waals surface area (Å²) in [7, 11) is 4.19. The van der Waals surface area contributed by atoms with Crippen LogP contribution in [0, 0.1) is 80.5 Å². The van der Waals surface area contributed by atoms with Crippen LogP contribution in [0.4, 0.5) is 22.0 Å². The molecule has 21 rings (SSSR count). The average Bonchev–Trinajstić information content (AvgIpc) is 1.62. The summed E-state index contributed by atoms with van der Waals surface area (Å²) < 4.78 is 77.2. The first-order chi connectivity index (χ1) is 60.4. The minimum atomic E-state index is -4.61. The van der Waals surface area contributed by atoms with Crippen LogP contribution in [0.3, 0.4) is 0 Å². The Balaban J connectivity index is 0.000000151. The summed E-state index contributed by atoms with van der Waals surface area (Å²) in [6.07, 6.45) is 15.5. The summed E-state index contributed by atoms with van der Waals surface area (Å²) in [5, 5.41) is 11.8. The molecule has 25 heteroatoms. The topological polar surface area (TPSA) is 199 Å². The Morgan fingerprint density at radius 1 is 0.364 bits per heavy atom. The van der Waals surface area contributed by atoms with E-state index in [-0.39, 0.29) is 74.8 Å². The van der Waals surface area contributed by atoms with Crippen molar-refractivity contribution in [1.29, 1.82) is 0 Å². The van der Waals surface area contributed by atoms with Crippen molar-refractivity contribution in [2.24, 2.45) is 14.1 Å². The normalized spacial score (nSPS) is 10.8. The van der Waals surface area contributed by atoms with E-state index in [1.54, 1.807) is 72.8 Å². The van der Waals surface area contributed by atoms with Crippen LogP contribution >= 0.6 is 11.3 Å². The standard InChI is InChI=1S/C14H12N.C13H11NO.C12H10N2O.C12H10N2S.C12H9N2.2C11H10N2.C10H10O2.C9H6F5.3W/c1-10-7-8-14-12(9-10)11-5-3-4-6-13(11)15(14)2;1-8-3-4-12-10(5-8)11-6-9(2)7-14-13(11)15-12;2*1-7-3-9-10-4-8(2)6-14-12(10)15-11(9)13-5-7;1-14-11-5-3-2-4-9(11)10-8-13-7-6-12(10)14;1-9-7-13-11(8-12-9)10-5-3-2-4-6-10;1-9-7-12-8-11(13-9)10-5-3-2-4-6-10;1-7(11)9-3-5-10(6-4-9)8(2)12;1-8(10,11)6-3-2-4-7(5-6)9(12,13)14;;;/h4-9H,1-2H3;3-7H,1-2H3;2*3-6H,1-2H3;3-8H,1H3;2*2-8H,1H3;3-6H,1-2H3;3-5H,1H3;;;/q-1;;;;-1;;;;-1;;;. The zero-order valence-electron chi connectivity index (χ0n) is 73.1. The fourth-order valence-electron chi connectivity index (χ4n) is 13.7. The smallest absolute Gasteiger partial charge is 0.370 e. The zero-order valence-corrected chi connectivity index (χ0v) is 82.7. The third-order valence-electron chi connectivity index (χ3n) is 20.2. The van der Waals surface area contributed by atoms with Gasteiger partial charge in [-0.2, -0.15) is 73.8 Å². The van der Waals surface area contributed by atoms with Crippen molar-refractivity contribution in [3.8, 4) is 22.5 Å². The first-order valence-electron chi connectivity index (χ1n) is 40.2. The Labute approximate surface area is 790 Å². The molecule has 0 aliphatic carbocycles. The van der Waals surface area contributed by atoms with E-state index in [1.165, 1.54) is 90.5 Å². The quantitative estimate of drug-likeness (QED) is 0.0895. The molecule has 650 valence electrons. The number of rotatable bonds is 5. The van der Waals surface area contributed by atoms with Crippen LogP contribution < -0.4 is 0 Å². The van der Waals surface area contributed by atoms with E-state index in [0.29, 0.717) is 41.6 Å². The van der Waals surface area contributed by atoms with E-state index in [0.717, 1.165) is 99.2 Å². The number of alkyl halides is 5. The summed E-state index contributed by atoms with van der Waals surface area (Å²) in [5.74, 6) is -3.24. The molecule has 0 bridgehead atoms. The molecule has 0 amide bonds. The summed E-state index contributed by atoms with van der Waals surface area (Å²) in [6.45, 7) is 21.9. The monoisotopic (exact) mass is 2250 g/mol. The molecular weight excluding hydrogens is 2160 g/mol. The number of nitrogens with zero attached hydrogens (tertiary/aromatic N) is 12. The SMILES string of the molecule is CC(=O)c1ccc(C(C)=O)cc1.CC(F)(F)c1c[c-]cc(C(F)(F)F)c1.Cc1ccc2c(c1)c1c[c-]ccc1n2C.Cc1ccc2oc3ncc(C)cc3c2c1.Cc1cnc(-c2ccccc2)cn1.Cc1cnc2oc3ncc(C)cc3c2c1.Cc1cnc2sc3ncc(C)cc3c2c1.Cc1cncc(-c2ccccc2)n1.Cn1c2cc[c-]cc2c2cnccc21.[W].[W].[W]. The van der Waals surface area contributed by atoms with Gasteiger partial charge >= 0.3 is 6.18 Å². The molecule has 0 fully saturated rings. The van der Waals surface area contributed by atoms with Crippen molar-refractivity contribution < 1.29 is 104 Å². The number of hydrogen-bond acceptors (Lipinski definition) is 15. The summed E-state index contributed by atoms with van der Waals surface area (Å²) in [6, 6.07) is 74.6. The molecule has 0 saturated heterocycles. The van der Waals surface area contributed by atoms with Crippen molar-refractivity contribution >= 4 is 131 Å². The maximum Gasteiger partial charge on any atom is 0.370 e. The number of aromatic nitrogens is 12. The van der Waals surface area contributed by atoms with Crippen LogP contribution in [-0.4, -0.2) is 70.5 Å². The molecule has 13 aromatic heterocycles. The van der Waals surface area contributed by atoms with Crippen LogP contribution in [0.5, 0.6) is 0 Å². The second-order valence-corrected chi connectivity index (χ2v) is 31.4. The van der Waals surface area contributed by atoms with Gasteiger partial charge in [0, 0.05) is 188 Å². The Bertz CT molecular complexity index is 6870. The number of fused-ring (bicyclic) bond motifs is 15. The second-order valence-electron chi connectivity index (χ2n) is 30.5. The molecule has 0 N–H and O–H groups in total. The molecule has 0 atom stereocenters. The fraction of sp³-hybridized carbons (Fsp3) is 0.154. The summed E-state index contributed by atoms with van der Waals surface area (Å²) in [4.78, 5) is 66.6. The van der Waals surface area contributed by atoms with E-state index >= 15 is 0 Å². The number of furan rings is 2. The van der Waals surface area contributed by atoms with Crippen LogP contribution in [0.15, 0.2) is 289 Å². The Kier molecular flexibility index (Phi) is 33.9. The van der Waals surface area contributed by atoms with Gasteiger partial charge in [-0.05, 0) is 176 Å². The first kappa shape index (κ1) is 98.5. The van der Waals surface area contributed by atoms with E-state index in [1.807, 2.05) is 163 Å². The van der Waals surface area contributed by atoms with Gasteiger partial charge in [0.05, 0.1) is 45.9 Å². The number of carbonyl (C=O) groups is 2. The van der Waals surface area contributed by atoms with Gasteiger partial charge in [-0.15, -0.1) is 22.9 Å². The largest absolute Gasteiger partial charge is 0.438 e. The van der Waals surface area contributed by atoms with Gasteiger partial charge in [-0.1, -0.05) is 148 Å². The average molecular weight is 2250 g/mol. The van der Waals surface area contributed by atoms with Crippen molar-refractivity contribution in [1.82, 2.24) is 59.0 Å². The van der Waals surface area contributed by atoms with Gasteiger partial charge in [-0.3, -0.25) is 29.5 Å². The number of hydrogen-bond donors (Lipinski definition) is 0. The van der Waals surface area contributed by atoms with Crippen molar-refractivity contribution in [2.75, 3.05) is 0 Å². The molecule has 0 spiro atoms. The predicted molar refractivity (Wildman–Crippen MR) is 496 cm³/mol. The van der Waals surface area contributed by atoms with Gasteiger partial charge in [-0.25, -0.2) is 38.7 Å². The number of benzene rings is 8. The molecule has 0 aliphatic heterocycles. The number of carbonyl (C=O) groups excluding carboxylic acids is 2. The predicted octanol–water partition coefficient (Wildman–Crippen LogP) is 26.6. The molecule has 8 aromatic carbocycles. The third-order valence-corrected chi connectivity index (χ3v) is 21.2. The van der Waals surface area contributed by atoms with Crippen LogP contribution in [0.2, 0.25) is 0 Å². The third kappa shape index (κ3) is 25.0.